The Labute approximate surface area is 197 Å². The Morgan fingerprint density at radius 1 is 1.27 bits per heavy atom. The number of carbonyl (C=O) groups excluding carboxylic acids is 2. The molecule has 1 fully saturated rings. The van der Waals surface area contributed by atoms with Crippen LogP contribution in [0.2, 0.25) is 0 Å². The number of rotatable bonds is 11. The van der Waals surface area contributed by atoms with Gasteiger partial charge in [0.25, 0.3) is 5.91 Å². The van der Waals surface area contributed by atoms with Crippen molar-refractivity contribution in [2.75, 3.05) is 27.2 Å². The van der Waals surface area contributed by atoms with Crippen LogP contribution in [-0.4, -0.2) is 76.4 Å². The average molecular weight is 456 g/mol. The van der Waals surface area contributed by atoms with Crippen molar-refractivity contribution in [1.82, 2.24) is 19.7 Å². The first-order valence-electron chi connectivity index (χ1n) is 11.9. The molecule has 2 heterocycles. The predicted molar refractivity (Wildman–Crippen MR) is 128 cm³/mol. The minimum Gasteiger partial charge on any atom is -0.396 e. The molecule has 0 radical (unpaired) electrons. The third kappa shape index (κ3) is 6.63. The highest BCUT2D eigenvalue weighted by atomic mass is 16.3. The van der Waals surface area contributed by atoms with Gasteiger partial charge in [0, 0.05) is 45.6 Å². The Hall–Kier alpha value is -2.74. The number of hydrogen-bond donors (Lipinski definition) is 1. The minimum atomic E-state index is -0.515. The maximum absolute atomic E-state index is 13.5. The van der Waals surface area contributed by atoms with Crippen molar-refractivity contribution in [3.63, 3.8) is 0 Å². The van der Waals surface area contributed by atoms with Gasteiger partial charge in [-0.05, 0) is 43.4 Å². The Balaban J connectivity index is 1.92. The molecule has 1 saturated carbocycles. The highest BCUT2D eigenvalue weighted by Gasteiger charge is 2.31. The molecule has 33 heavy (non-hydrogen) atoms. The summed E-state index contributed by atoms with van der Waals surface area (Å²) in [7, 11) is 3.43. The third-order valence-corrected chi connectivity index (χ3v) is 6.56. The van der Waals surface area contributed by atoms with Crippen LogP contribution in [-0.2, 0) is 16.1 Å². The SMILES string of the molecule is Cc1ccc(CN2C(C(=O)N(C)CCCO)=CC(N(C)C=O)N=C2CCC2CCCC2)cn1. The van der Waals surface area contributed by atoms with Gasteiger partial charge in [0.1, 0.15) is 17.7 Å². The molecule has 1 N–H and O–H groups in total. The number of aliphatic imine (C=N–C) groups is 1. The van der Waals surface area contributed by atoms with Crippen LogP contribution in [0.25, 0.3) is 0 Å². The van der Waals surface area contributed by atoms with Crippen molar-refractivity contribution in [2.45, 2.75) is 64.6 Å². The first kappa shape index (κ1) is 24.9. The smallest absolute Gasteiger partial charge is 0.270 e. The van der Waals surface area contributed by atoms with Crippen LogP contribution in [0.5, 0.6) is 0 Å². The molecule has 2 aliphatic rings. The monoisotopic (exact) mass is 455 g/mol. The summed E-state index contributed by atoms with van der Waals surface area (Å²) in [6.45, 7) is 2.92. The van der Waals surface area contributed by atoms with Crippen LogP contribution < -0.4 is 0 Å². The summed E-state index contributed by atoms with van der Waals surface area (Å²) in [5, 5.41) is 9.20. The van der Waals surface area contributed by atoms with E-state index in [2.05, 4.69) is 4.98 Å². The molecule has 3 rings (SSSR count). The Morgan fingerprint density at radius 3 is 2.67 bits per heavy atom. The molecule has 8 nitrogen and oxygen atoms in total. The fourth-order valence-electron chi connectivity index (χ4n) is 4.48. The molecule has 0 bridgehead atoms. The molecule has 180 valence electrons. The highest BCUT2D eigenvalue weighted by Crippen LogP contribution is 2.31. The normalized spacial score (nSPS) is 18.7. The lowest BCUT2D eigenvalue weighted by atomic mass is 10.00. The summed E-state index contributed by atoms with van der Waals surface area (Å²) in [5.41, 5.74) is 2.45. The quantitative estimate of drug-likeness (QED) is 0.518. The van der Waals surface area contributed by atoms with Gasteiger partial charge in [0.15, 0.2) is 0 Å². The van der Waals surface area contributed by atoms with E-state index >= 15 is 0 Å². The molecule has 1 aromatic heterocycles. The number of nitrogens with zero attached hydrogens (tertiary/aromatic N) is 5. The molecule has 1 aliphatic heterocycles. The average Bonchev–Trinajstić information content (AvgIpc) is 3.35. The number of carbonyl (C=O) groups is 2. The molecule has 1 atom stereocenters. The number of aliphatic hydroxyl groups is 1. The van der Waals surface area contributed by atoms with Crippen molar-refractivity contribution in [3.05, 3.63) is 41.4 Å². The van der Waals surface area contributed by atoms with Gasteiger partial charge in [0.05, 0.1) is 6.54 Å². The summed E-state index contributed by atoms with van der Waals surface area (Å²) in [4.78, 5) is 39.4. The van der Waals surface area contributed by atoms with Crippen molar-refractivity contribution in [2.24, 2.45) is 10.9 Å². The second-order valence-electron chi connectivity index (χ2n) is 9.17. The van der Waals surface area contributed by atoms with Crippen molar-refractivity contribution < 1.29 is 14.7 Å². The van der Waals surface area contributed by atoms with Crippen molar-refractivity contribution in [3.8, 4) is 0 Å². The van der Waals surface area contributed by atoms with Gasteiger partial charge in [-0.3, -0.25) is 14.6 Å². The number of aromatic nitrogens is 1. The van der Waals surface area contributed by atoms with Crippen LogP contribution in [0.4, 0.5) is 0 Å². The summed E-state index contributed by atoms with van der Waals surface area (Å²) in [6, 6.07) is 3.99. The lowest BCUT2D eigenvalue weighted by Gasteiger charge is -2.36. The summed E-state index contributed by atoms with van der Waals surface area (Å²) in [5.74, 6) is 1.39. The van der Waals surface area contributed by atoms with Crippen LogP contribution in [0, 0.1) is 12.8 Å². The van der Waals surface area contributed by atoms with Gasteiger partial charge < -0.3 is 19.8 Å². The topological polar surface area (TPSA) is 89.3 Å². The van der Waals surface area contributed by atoms with E-state index in [4.69, 9.17) is 4.99 Å². The molecule has 1 aromatic rings. The van der Waals surface area contributed by atoms with Gasteiger partial charge in [-0.15, -0.1) is 0 Å². The van der Waals surface area contributed by atoms with Crippen LogP contribution >= 0.6 is 0 Å². The maximum atomic E-state index is 13.5. The molecule has 0 saturated heterocycles. The Bertz CT molecular complexity index is 861. The largest absolute Gasteiger partial charge is 0.396 e. The van der Waals surface area contributed by atoms with E-state index in [1.54, 1.807) is 25.1 Å². The molecular weight excluding hydrogens is 418 g/mol. The number of pyridine rings is 1. The molecule has 0 aromatic carbocycles. The number of amides is 2. The van der Waals surface area contributed by atoms with Gasteiger partial charge in [-0.1, -0.05) is 31.7 Å². The van der Waals surface area contributed by atoms with E-state index in [1.165, 1.54) is 30.6 Å². The van der Waals surface area contributed by atoms with E-state index in [0.29, 0.717) is 31.1 Å². The van der Waals surface area contributed by atoms with Crippen LogP contribution in [0.15, 0.2) is 35.1 Å². The van der Waals surface area contributed by atoms with Gasteiger partial charge in [-0.25, -0.2) is 4.99 Å². The number of aryl methyl sites for hydroxylation is 1. The Kier molecular flexibility index (Phi) is 9.00. The van der Waals surface area contributed by atoms with E-state index in [-0.39, 0.29) is 12.5 Å². The fraction of sp³-hybridized carbons (Fsp3) is 0.600. The second kappa shape index (κ2) is 11.9. The van der Waals surface area contributed by atoms with Gasteiger partial charge >= 0.3 is 0 Å². The minimum absolute atomic E-state index is 0.0278. The molecule has 0 spiro atoms. The first-order chi connectivity index (χ1) is 15.9. The number of aliphatic hydroxyl groups excluding tert-OH is 1. The van der Waals surface area contributed by atoms with Crippen molar-refractivity contribution >= 4 is 18.2 Å². The third-order valence-electron chi connectivity index (χ3n) is 6.56. The zero-order valence-electron chi connectivity index (χ0n) is 20.1. The first-order valence-corrected chi connectivity index (χ1v) is 11.9. The van der Waals surface area contributed by atoms with Gasteiger partial charge in [-0.2, -0.15) is 0 Å². The molecule has 8 heteroatoms. The highest BCUT2D eigenvalue weighted by molar-refractivity contribution is 5.99. The van der Waals surface area contributed by atoms with Gasteiger partial charge in [0.2, 0.25) is 6.41 Å². The summed E-state index contributed by atoms with van der Waals surface area (Å²) < 4.78 is 0. The van der Waals surface area contributed by atoms with Crippen molar-refractivity contribution in [1.29, 1.82) is 0 Å². The van der Waals surface area contributed by atoms with Crippen LogP contribution in [0.3, 0.4) is 0 Å². The van der Waals surface area contributed by atoms with E-state index < -0.39 is 6.17 Å². The number of hydrogen-bond acceptors (Lipinski definition) is 6. The van der Waals surface area contributed by atoms with E-state index in [1.807, 2.05) is 30.2 Å². The van der Waals surface area contributed by atoms with Crippen LogP contribution in [0.1, 0.15) is 56.2 Å². The molecule has 1 aliphatic carbocycles. The predicted octanol–water partition coefficient (Wildman–Crippen LogP) is 2.71. The number of amidine groups is 1. The maximum Gasteiger partial charge on any atom is 0.270 e. The zero-order chi connectivity index (χ0) is 23.8. The second-order valence-corrected chi connectivity index (χ2v) is 9.17. The number of likely N-dealkylation sites (N-methyl/N-ethyl adjacent to an activating group) is 2. The molecular formula is C25H37N5O3. The van der Waals surface area contributed by atoms with E-state index in [0.717, 1.165) is 36.3 Å². The summed E-state index contributed by atoms with van der Waals surface area (Å²) >= 11 is 0. The summed E-state index contributed by atoms with van der Waals surface area (Å²) in [6.07, 6.45) is 11.2. The fourth-order valence-corrected chi connectivity index (χ4v) is 4.48. The lowest BCUT2D eigenvalue weighted by Crippen LogP contribution is -2.45. The zero-order valence-corrected chi connectivity index (χ0v) is 20.1. The lowest BCUT2D eigenvalue weighted by molar-refractivity contribution is -0.127. The molecule has 1 unspecified atom stereocenters. The molecule has 2 amide bonds. The Morgan fingerprint density at radius 2 is 2.03 bits per heavy atom. The van der Waals surface area contributed by atoms with E-state index in [9.17, 15) is 14.7 Å². The standard InChI is InChI=1S/C25H37N5O3/c1-19-9-10-21(16-26-19)17-30-22(25(33)28(2)13-6-14-31)15-24(29(3)18-32)27-23(30)12-11-20-7-4-5-8-20/h9-10,15-16,18,20,24,31H,4-8,11-14,17H2,1-3H3.